The summed E-state index contributed by atoms with van der Waals surface area (Å²) in [6.07, 6.45) is 0. The highest BCUT2D eigenvalue weighted by atomic mass is 35.5. The van der Waals surface area contributed by atoms with E-state index in [4.69, 9.17) is 34.8 Å². The molecule has 25 heavy (non-hydrogen) atoms. The maximum Gasteiger partial charge on any atom is 0.263 e. The van der Waals surface area contributed by atoms with Gasteiger partial charge in [-0.3, -0.25) is 9.59 Å². The van der Waals surface area contributed by atoms with Crippen LogP contribution in [0.25, 0.3) is 10.1 Å². The van der Waals surface area contributed by atoms with Crippen LogP contribution in [0.2, 0.25) is 15.1 Å². The fraction of sp³-hybridized carbons (Fsp3) is 0.0588. The van der Waals surface area contributed by atoms with E-state index >= 15 is 0 Å². The number of nitrogens with one attached hydrogen (secondary N) is 2. The van der Waals surface area contributed by atoms with Crippen LogP contribution in [-0.2, 0) is 4.79 Å². The fourth-order valence-corrected chi connectivity index (χ4v) is 4.52. The maximum atomic E-state index is 12.3. The van der Waals surface area contributed by atoms with Crippen LogP contribution in [-0.4, -0.2) is 18.4 Å². The van der Waals surface area contributed by atoms with E-state index in [9.17, 15) is 9.59 Å². The SMILES string of the molecule is O=C(CNC(=O)c1sc2cc(Cl)cc(Cl)c2c1Cl)Nc1ccccc1. The van der Waals surface area contributed by atoms with Crippen molar-refractivity contribution in [2.45, 2.75) is 0 Å². The van der Waals surface area contributed by atoms with Crippen molar-refractivity contribution in [3.8, 4) is 0 Å². The summed E-state index contributed by atoms with van der Waals surface area (Å²) in [5, 5.41) is 6.91. The molecule has 0 saturated heterocycles. The Kier molecular flexibility index (Phi) is 5.49. The average Bonchev–Trinajstić information content (AvgIpc) is 2.90. The zero-order valence-corrected chi connectivity index (χ0v) is 15.7. The van der Waals surface area contributed by atoms with Gasteiger partial charge in [-0.1, -0.05) is 53.0 Å². The minimum atomic E-state index is -0.443. The van der Waals surface area contributed by atoms with Gasteiger partial charge in [0.15, 0.2) is 0 Å². The third-order valence-electron chi connectivity index (χ3n) is 3.32. The van der Waals surface area contributed by atoms with Crippen LogP contribution >= 0.6 is 46.1 Å². The molecular weight excluding hydrogens is 403 g/mol. The maximum absolute atomic E-state index is 12.3. The van der Waals surface area contributed by atoms with Gasteiger partial charge in [0.1, 0.15) is 4.88 Å². The number of benzene rings is 2. The first-order valence-electron chi connectivity index (χ1n) is 7.16. The second-order valence-electron chi connectivity index (χ2n) is 5.10. The Labute approximate surface area is 162 Å². The van der Waals surface area contributed by atoms with Gasteiger partial charge >= 0.3 is 0 Å². The van der Waals surface area contributed by atoms with Gasteiger partial charge in [0.25, 0.3) is 5.91 Å². The van der Waals surface area contributed by atoms with E-state index in [1.54, 1.807) is 36.4 Å². The van der Waals surface area contributed by atoms with Crippen molar-refractivity contribution in [2.75, 3.05) is 11.9 Å². The summed E-state index contributed by atoms with van der Waals surface area (Å²) in [5.41, 5.74) is 0.656. The Hall–Kier alpha value is -1.79. The summed E-state index contributed by atoms with van der Waals surface area (Å²) in [5.74, 6) is -0.778. The number of fused-ring (bicyclic) bond motifs is 1. The average molecular weight is 414 g/mol. The Morgan fingerprint density at radius 1 is 1.04 bits per heavy atom. The molecule has 0 aliphatic carbocycles. The molecule has 3 aromatic rings. The van der Waals surface area contributed by atoms with Gasteiger partial charge in [0.05, 0.1) is 16.6 Å². The van der Waals surface area contributed by atoms with Crippen molar-refractivity contribution in [3.63, 3.8) is 0 Å². The lowest BCUT2D eigenvalue weighted by molar-refractivity contribution is -0.115. The van der Waals surface area contributed by atoms with Crippen LogP contribution in [0.3, 0.4) is 0 Å². The quantitative estimate of drug-likeness (QED) is 0.615. The lowest BCUT2D eigenvalue weighted by Crippen LogP contribution is -2.32. The van der Waals surface area contributed by atoms with Gasteiger partial charge in [-0.15, -0.1) is 11.3 Å². The molecule has 0 fully saturated rings. The summed E-state index contributed by atoms with van der Waals surface area (Å²) in [6.45, 7) is -0.174. The number of anilines is 1. The van der Waals surface area contributed by atoms with E-state index in [2.05, 4.69) is 10.6 Å². The smallest absolute Gasteiger partial charge is 0.263 e. The Morgan fingerprint density at radius 3 is 2.48 bits per heavy atom. The van der Waals surface area contributed by atoms with Crippen molar-refractivity contribution in [1.29, 1.82) is 0 Å². The van der Waals surface area contributed by atoms with Crippen LogP contribution in [0.1, 0.15) is 9.67 Å². The minimum Gasteiger partial charge on any atom is -0.342 e. The number of carbonyl (C=O) groups is 2. The van der Waals surface area contributed by atoms with Crippen LogP contribution in [0.15, 0.2) is 42.5 Å². The van der Waals surface area contributed by atoms with Gasteiger partial charge < -0.3 is 10.6 Å². The van der Waals surface area contributed by atoms with E-state index in [0.717, 1.165) is 0 Å². The van der Waals surface area contributed by atoms with E-state index in [1.165, 1.54) is 11.3 Å². The molecule has 0 atom stereocenters. The van der Waals surface area contributed by atoms with Crippen molar-refractivity contribution >= 4 is 73.7 Å². The molecule has 1 aromatic heterocycles. The summed E-state index contributed by atoms with van der Waals surface area (Å²) >= 11 is 19.6. The van der Waals surface area contributed by atoms with Crippen molar-refractivity contribution < 1.29 is 9.59 Å². The molecule has 0 aliphatic rings. The molecule has 0 radical (unpaired) electrons. The number of hydrogen-bond donors (Lipinski definition) is 2. The van der Waals surface area contributed by atoms with Gasteiger partial charge in [0, 0.05) is 20.8 Å². The number of halogens is 3. The molecule has 3 rings (SSSR count). The van der Waals surface area contributed by atoms with Crippen molar-refractivity contribution in [2.24, 2.45) is 0 Å². The Morgan fingerprint density at radius 2 is 1.76 bits per heavy atom. The first kappa shape index (κ1) is 18.0. The predicted molar refractivity (Wildman–Crippen MR) is 104 cm³/mol. The van der Waals surface area contributed by atoms with Gasteiger partial charge in [-0.25, -0.2) is 0 Å². The zero-order chi connectivity index (χ0) is 18.0. The first-order chi connectivity index (χ1) is 12.0. The molecule has 0 saturated carbocycles. The van der Waals surface area contributed by atoms with E-state index < -0.39 is 5.91 Å². The summed E-state index contributed by atoms with van der Waals surface area (Å²) < 4.78 is 0.710. The zero-order valence-electron chi connectivity index (χ0n) is 12.6. The largest absolute Gasteiger partial charge is 0.342 e. The lowest BCUT2D eigenvalue weighted by Gasteiger charge is -2.06. The Bertz CT molecular complexity index is 957. The molecule has 0 spiro atoms. The molecule has 128 valence electrons. The predicted octanol–water partition coefficient (Wildman–Crippen LogP) is 5.23. The van der Waals surface area contributed by atoms with Crippen LogP contribution in [0.5, 0.6) is 0 Å². The van der Waals surface area contributed by atoms with Crippen LogP contribution in [0, 0.1) is 0 Å². The molecule has 0 bridgehead atoms. The molecule has 1 heterocycles. The topological polar surface area (TPSA) is 58.2 Å². The van der Waals surface area contributed by atoms with Gasteiger partial charge in [-0.05, 0) is 24.3 Å². The monoisotopic (exact) mass is 412 g/mol. The number of carbonyl (C=O) groups excluding carboxylic acids is 2. The molecule has 0 aliphatic heterocycles. The highest BCUT2D eigenvalue weighted by Gasteiger charge is 2.20. The second kappa shape index (κ2) is 7.62. The number of amides is 2. The van der Waals surface area contributed by atoms with E-state index in [-0.39, 0.29) is 22.4 Å². The highest BCUT2D eigenvalue weighted by Crippen LogP contribution is 2.41. The second-order valence-corrected chi connectivity index (χ2v) is 7.38. The molecular formula is C17H11Cl3N2O2S. The molecule has 4 nitrogen and oxygen atoms in total. The molecule has 2 aromatic carbocycles. The minimum absolute atomic E-state index is 0.174. The van der Waals surface area contributed by atoms with Gasteiger partial charge in [0.2, 0.25) is 5.91 Å². The van der Waals surface area contributed by atoms with Crippen molar-refractivity contribution in [3.05, 3.63) is 62.4 Å². The molecule has 2 amide bonds. The van der Waals surface area contributed by atoms with Crippen molar-refractivity contribution in [1.82, 2.24) is 5.32 Å². The number of para-hydroxylation sites is 1. The molecule has 8 heteroatoms. The third kappa shape index (κ3) is 4.07. The summed E-state index contributed by atoms with van der Waals surface area (Å²) in [7, 11) is 0. The number of rotatable bonds is 4. The summed E-state index contributed by atoms with van der Waals surface area (Å²) in [6, 6.07) is 12.2. The number of thiophene rings is 1. The van der Waals surface area contributed by atoms with E-state index in [1.807, 2.05) is 6.07 Å². The number of hydrogen-bond acceptors (Lipinski definition) is 3. The van der Waals surface area contributed by atoms with Crippen LogP contribution in [0.4, 0.5) is 5.69 Å². The molecule has 0 unspecified atom stereocenters. The third-order valence-corrected chi connectivity index (χ3v) is 5.46. The standard InChI is InChI=1S/C17H11Cl3N2O2S/c18-9-6-11(19)14-12(7-9)25-16(15(14)20)17(24)21-8-13(23)22-10-4-2-1-3-5-10/h1-7H,8H2,(H,21,24)(H,22,23). The molecule has 2 N–H and O–H groups in total. The Balaban J connectivity index is 1.71. The van der Waals surface area contributed by atoms with Gasteiger partial charge in [-0.2, -0.15) is 0 Å². The summed E-state index contributed by atoms with van der Waals surface area (Å²) in [4.78, 5) is 24.5. The van der Waals surface area contributed by atoms with Crippen LogP contribution < -0.4 is 10.6 Å². The normalized spacial score (nSPS) is 10.7. The van der Waals surface area contributed by atoms with E-state index in [0.29, 0.717) is 25.8 Å². The highest BCUT2D eigenvalue weighted by molar-refractivity contribution is 7.21. The fourth-order valence-electron chi connectivity index (χ4n) is 2.23. The lowest BCUT2D eigenvalue weighted by atomic mass is 10.2. The first-order valence-corrected chi connectivity index (χ1v) is 9.11.